The lowest BCUT2D eigenvalue weighted by Crippen LogP contribution is -1.70. The molecule has 3 rings (SSSR count). The number of hydrogen-bond donors (Lipinski definition) is 1. The molecule has 0 aliphatic heterocycles. The summed E-state index contributed by atoms with van der Waals surface area (Å²) in [6.07, 6.45) is 3.95. The highest BCUT2D eigenvalue weighted by Gasteiger charge is 2.07. The second-order valence-corrected chi connectivity index (χ2v) is 4.76. The van der Waals surface area contributed by atoms with Crippen molar-refractivity contribution in [2.24, 2.45) is 0 Å². The molecule has 0 aliphatic rings. The van der Waals surface area contributed by atoms with Gasteiger partial charge in [0.05, 0.1) is 0 Å². The average Bonchev–Trinajstić information content (AvgIpc) is 2.83. The summed E-state index contributed by atoms with van der Waals surface area (Å²) >= 11 is 1.73. The molecule has 0 unspecified atom stereocenters. The summed E-state index contributed by atoms with van der Waals surface area (Å²) in [5.41, 5.74) is 2.36. The largest absolute Gasteiger partial charge is 0.360 e. The summed E-state index contributed by atoms with van der Waals surface area (Å²) < 4.78 is 0. The standard InChI is InChI=1S/C12H10N2S/c1-8-6-14-12(15-8)10-7-13-11-5-3-2-4-9(10)11/h2-7,13H,1H3. The van der Waals surface area contributed by atoms with Crippen molar-refractivity contribution in [2.45, 2.75) is 6.92 Å². The average molecular weight is 214 g/mol. The fourth-order valence-electron chi connectivity index (χ4n) is 1.73. The zero-order valence-corrected chi connectivity index (χ0v) is 9.14. The lowest BCUT2D eigenvalue weighted by Gasteiger charge is -1.92. The third-order valence-electron chi connectivity index (χ3n) is 2.44. The van der Waals surface area contributed by atoms with Crippen LogP contribution in [0.15, 0.2) is 36.7 Å². The molecule has 0 amide bonds. The SMILES string of the molecule is Cc1cnc(-c2c[nH]c3ccccc23)s1. The van der Waals surface area contributed by atoms with Crippen LogP contribution in [0.4, 0.5) is 0 Å². The molecule has 0 bridgehead atoms. The van der Waals surface area contributed by atoms with Gasteiger partial charge in [0.25, 0.3) is 0 Å². The van der Waals surface area contributed by atoms with Crippen LogP contribution in [0.25, 0.3) is 21.5 Å². The number of benzene rings is 1. The van der Waals surface area contributed by atoms with Crippen molar-refractivity contribution < 1.29 is 0 Å². The molecule has 1 aromatic carbocycles. The molecule has 0 atom stereocenters. The molecular formula is C12H10N2S. The Kier molecular flexibility index (Phi) is 1.86. The number of nitrogens with zero attached hydrogens (tertiary/aromatic N) is 1. The van der Waals surface area contributed by atoms with Gasteiger partial charge in [-0.25, -0.2) is 4.98 Å². The van der Waals surface area contributed by atoms with E-state index in [1.807, 2.05) is 18.5 Å². The number of hydrogen-bond acceptors (Lipinski definition) is 2. The summed E-state index contributed by atoms with van der Waals surface area (Å²) in [6, 6.07) is 8.30. The first-order chi connectivity index (χ1) is 7.34. The van der Waals surface area contributed by atoms with Gasteiger partial charge >= 0.3 is 0 Å². The number of nitrogens with one attached hydrogen (secondary N) is 1. The minimum atomic E-state index is 1.09. The van der Waals surface area contributed by atoms with Crippen molar-refractivity contribution in [1.82, 2.24) is 9.97 Å². The summed E-state index contributed by atoms with van der Waals surface area (Å²) in [4.78, 5) is 8.92. The highest BCUT2D eigenvalue weighted by Crippen LogP contribution is 2.30. The Balaban J connectivity index is 2.27. The third-order valence-corrected chi connectivity index (χ3v) is 3.39. The molecule has 3 aromatic rings. The Morgan fingerprint density at radius 1 is 1.27 bits per heavy atom. The van der Waals surface area contributed by atoms with Crippen molar-refractivity contribution in [3.05, 3.63) is 41.5 Å². The fourth-order valence-corrected chi connectivity index (χ4v) is 2.52. The van der Waals surface area contributed by atoms with E-state index in [9.17, 15) is 0 Å². The molecule has 0 spiro atoms. The predicted octanol–water partition coefficient (Wildman–Crippen LogP) is 3.60. The smallest absolute Gasteiger partial charge is 0.125 e. The molecule has 15 heavy (non-hydrogen) atoms. The van der Waals surface area contributed by atoms with Crippen LogP contribution in [0.5, 0.6) is 0 Å². The maximum Gasteiger partial charge on any atom is 0.125 e. The van der Waals surface area contributed by atoms with Crippen molar-refractivity contribution in [3.8, 4) is 10.6 Å². The summed E-state index contributed by atoms with van der Waals surface area (Å²) in [7, 11) is 0. The van der Waals surface area contributed by atoms with E-state index >= 15 is 0 Å². The van der Waals surface area contributed by atoms with Crippen LogP contribution in [-0.4, -0.2) is 9.97 Å². The molecule has 74 valence electrons. The van der Waals surface area contributed by atoms with Gasteiger partial charge < -0.3 is 4.98 Å². The molecular weight excluding hydrogens is 204 g/mol. The van der Waals surface area contributed by atoms with Crippen molar-refractivity contribution in [2.75, 3.05) is 0 Å². The number of aromatic nitrogens is 2. The van der Waals surface area contributed by atoms with Crippen LogP contribution in [-0.2, 0) is 0 Å². The molecule has 0 saturated heterocycles. The second-order valence-electron chi connectivity index (χ2n) is 3.52. The molecule has 1 N–H and O–H groups in total. The van der Waals surface area contributed by atoms with E-state index in [1.54, 1.807) is 11.3 Å². The Hall–Kier alpha value is -1.61. The van der Waals surface area contributed by atoms with Crippen LogP contribution in [0.2, 0.25) is 0 Å². The first-order valence-electron chi connectivity index (χ1n) is 4.83. The maximum absolute atomic E-state index is 4.41. The minimum absolute atomic E-state index is 1.09. The zero-order valence-electron chi connectivity index (χ0n) is 8.32. The van der Waals surface area contributed by atoms with E-state index < -0.39 is 0 Å². The van der Waals surface area contributed by atoms with Crippen molar-refractivity contribution >= 4 is 22.2 Å². The molecule has 0 saturated carbocycles. The van der Waals surface area contributed by atoms with E-state index in [0.29, 0.717) is 0 Å². The Morgan fingerprint density at radius 2 is 2.13 bits per heavy atom. The second kappa shape index (κ2) is 3.21. The van der Waals surface area contributed by atoms with Crippen LogP contribution < -0.4 is 0 Å². The van der Waals surface area contributed by atoms with Crippen LogP contribution in [0.3, 0.4) is 0 Å². The van der Waals surface area contributed by atoms with Crippen LogP contribution in [0.1, 0.15) is 4.88 Å². The van der Waals surface area contributed by atoms with Crippen LogP contribution >= 0.6 is 11.3 Å². The van der Waals surface area contributed by atoms with E-state index in [-0.39, 0.29) is 0 Å². The monoisotopic (exact) mass is 214 g/mol. The van der Waals surface area contributed by atoms with E-state index in [0.717, 1.165) is 5.01 Å². The van der Waals surface area contributed by atoms with Gasteiger partial charge in [-0.2, -0.15) is 0 Å². The number of aryl methyl sites for hydroxylation is 1. The van der Waals surface area contributed by atoms with Crippen molar-refractivity contribution in [3.63, 3.8) is 0 Å². The highest BCUT2D eigenvalue weighted by atomic mass is 32.1. The molecule has 2 aromatic heterocycles. The van der Waals surface area contributed by atoms with Gasteiger partial charge in [-0.3, -0.25) is 0 Å². The van der Waals surface area contributed by atoms with Gasteiger partial charge in [-0.15, -0.1) is 11.3 Å². The number of thiazole rings is 1. The highest BCUT2D eigenvalue weighted by molar-refractivity contribution is 7.15. The first-order valence-corrected chi connectivity index (χ1v) is 5.65. The number of H-pyrrole nitrogens is 1. The molecule has 0 radical (unpaired) electrons. The Bertz CT molecular complexity index is 607. The van der Waals surface area contributed by atoms with Gasteiger partial charge in [-0.1, -0.05) is 18.2 Å². The maximum atomic E-state index is 4.41. The number of fused-ring (bicyclic) bond motifs is 1. The molecule has 2 nitrogen and oxygen atoms in total. The predicted molar refractivity (Wildman–Crippen MR) is 64.1 cm³/mol. The van der Waals surface area contributed by atoms with Crippen LogP contribution in [0, 0.1) is 6.92 Å². The first kappa shape index (κ1) is 8.68. The molecule has 2 heterocycles. The number of aromatic amines is 1. The fraction of sp³-hybridized carbons (Fsp3) is 0.0833. The topological polar surface area (TPSA) is 28.7 Å². The molecule has 3 heteroatoms. The van der Waals surface area contributed by atoms with Crippen molar-refractivity contribution in [1.29, 1.82) is 0 Å². The molecule has 0 aliphatic carbocycles. The summed E-state index contributed by atoms with van der Waals surface area (Å²) in [6.45, 7) is 2.08. The van der Waals surface area contributed by atoms with E-state index in [4.69, 9.17) is 0 Å². The summed E-state index contributed by atoms with van der Waals surface area (Å²) in [5.74, 6) is 0. The lowest BCUT2D eigenvalue weighted by atomic mass is 10.2. The Morgan fingerprint density at radius 3 is 2.93 bits per heavy atom. The number of para-hydroxylation sites is 1. The van der Waals surface area contributed by atoms with Gasteiger partial charge in [-0.05, 0) is 13.0 Å². The Labute approximate surface area is 91.6 Å². The van der Waals surface area contributed by atoms with E-state index in [2.05, 4.69) is 35.1 Å². The van der Waals surface area contributed by atoms with Gasteiger partial charge in [0.15, 0.2) is 0 Å². The van der Waals surface area contributed by atoms with Gasteiger partial charge in [0.1, 0.15) is 5.01 Å². The minimum Gasteiger partial charge on any atom is -0.360 e. The number of rotatable bonds is 1. The van der Waals surface area contributed by atoms with Gasteiger partial charge in [0.2, 0.25) is 0 Å². The quantitative estimate of drug-likeness (QED) is 0.658. The molecule has 0 fully saturated rings. The van der Waals surface area contributed by atoms with Gasteiger partial charge in [0, 0.05) is 33.7 Å². The van der Waals surface area contributed by atoms with E-state index in [1.165, 1.54) is 21.3 Å². The lowest BCUT2D eigenvalue weighted by molar-refractivity contribution is 1.38. The zero-order chi connectivity index (χ0) is 10.3. The third kappa shape index (κ3) is 1.36. The normalized spacial score (nSPS) is 11.0. The summed E-state index contributed by atoms with van der Waals surface area (Å²) in [5, 5.41) is 2.33.